The van der Waals surface area contributed by atoms with Crippen LogP contribution in [0.4, 0.5) is 5.69 Å². The normalized spacial score (nSPS) is 17.4. The Morgan fingerprint density at radius 3 is 2.73 bits per heavy atom. The van der Waals surface area contributed by atoms with Crippen LogP contribution >= 0.6 is 0 Å². The molecule has 0 radical (unpaired) electrons. The molecule has 3 rings (SSSR count). The monoisotopic (exact) mass is 350 g/mol. The molecule has 0 saturated carbocycles. The molecule has 5 heteroatoms. The third-order valence-electron chi connectivity index (χ3n) is 4.72. The van der Waals surface area contributed by atoms with Gasteiger partial charge in [-0.3, -0.25) is 14.9 Å². The van der Waals surface area contributed by atoms with Crippen molar-refractivity contribution in [3.8, 4) is 0 Å². The number of piperidine rings is 1. The molecule has 0 aromatic heterocycles. The lowest BCUT2D eigenvalue weighted by Gasteiger charge is -2.35. The van der Waals surface area contributed by atoms with Crippen LogP contribution in [0.15, 0.2) is 60.7 Å². The first kappa shape index (κ1) is 17.9. The van der Waals surface area contributed by atoms with Crippen molar-refractivity contribution in [1.29, 1.82) is 0 Å². The number of nitro benzene ring substituents is 1. The van der Waals surface area contributed by atoms with Crippen LogP contribution in [-0.4, -0.2) is 28.3 Å². The van der Waals surface area contributed by atoms with Crippen molar-refractivity contribution in [2.45, 2.75) is 31.7 Å². The average Bonchev–Trinajstić information content (AvgIpc) is 2.67. The summed E-state index contributed by atoms with van der Waals surface area (Å²) in [5.74, 6) is -0.0304. The van der Waals surface area contributed by atoms with Crippen LogP contribution < -0.4 is 0 Å². The number of amides is 1. The van der Waals surface area contributed by atoms with E-state index in [1.165, 1.54) is 23.8 Å². The van der Waals surface area contributed by atoms with Crippen LogP contribution in [0.2, 0.25) is 0 Å². The smallest absolute Gasteiger partial charge is 0.270 e. The Morgan fingerprint density at radius 1 is 1.15 bits per heavy atom. The van der Waals surface area contributed by atoms with Gasteiger partial charge in [-0.1, -0.05) is 42.5 Å². The number of carbonyl (C=O) groups is 1. The van der Waals surface area contributed by atoms with Crippen LogP contribution in [0.1, 0.15) is 30.4 Å². The van der Waals surface area contributed by atoms with Crippen LogP contribution in [0.3, 0.4) is 0 Å². The van der Waals surface area contributed by atoms with Crippen molar-refractivity contribution in [3.05, 3.63) is 81.9 Å². The summed E-state index contributed by atoms with van der Waals surface area (Å²) < 4.78 is 0. The second-order valence-electron chi connectivity index (χ2n) is 6.56. The highest BCUT2D eigenvalue weighted by Gasteiger charge is 2.25. The van der Waals surface area contributed by atoms with E-state index in [1.54, 1.807) is 18.2 Å². The van der Waals surface area contributed by atoms with Crippen LogP contribution in [0.5, 0.6) is 0 Å². The largest absolute Gasteiger partial charge is 0.336 e. The number of non-ortho nitro benzene ring substituents is 1. The van der Waals surface area contributed by atoms with Crippen molar-refractivity contribution in [2.24, 2.45) is 0 Å². The standard InChI is InChI=1S/C21H22N2O3/c24-21(13-12-18-9-6-11-20(16-18)23(25)26)22-14-5-4-10-19(22)15-17-7-2-1-3-8-17/h1-3,6-9,11-13,16,19H,4-5,10,14-15H2/b13-12-/t19-/m0/s1. The summed E-state index contributed by atoms with van der Waals surface area (Å²) >= 11 is 0. The zero-order chi connectivity index (χ0) is 18.4. The molecule has 1 heterocycles. The number of hydrogen-bond donors (Lipinski definition) is 0. The van der Waals surface area contributed by atoms with Crippen molar-refractivity contribution in [1.82, 2.24) is 4.90 Å². The molecular weight excluding hydrogens is 328 g/mol. The third kappa shape index (κ3) is 4.57. The molecule has 0 N–H and O–H groups in total. The van der Waals surface area contributed by atoms with Gasteiger partial charge in [-0.2, -0.15) is 0 Å². The summed E-state index contributed by atoms with van der Waals surface area (Å²) in [5.41, 5.74) is 1.92. The lowest BCUT2D eigenvalue weighted by atomic mass is 9.95. The summed E-state index contributed by atoms with van der Waals surface area (Å²) in [6.07, 6.45) is 7.20. The molecule has 134 valence electrons. The van der Waals surface area contributed by atoms with Gasteiger partial charge in [-0.15, -0.1) is 0 Å². The molecule has 26 heavy (non-hydrogen) atoms. The SMILES string of the molecule is O=C(/C=C\c1cccc([N+](=O)[O-])c1)N1CCCC[C@H]1Cc1ccccc1. The molecule has 0 unspecified atom stereocenters. The van der Waals surface area contributed by atoms with Gasteiger partial charge in [0.15, 0.2) is 0 Å². The maximum atomic E-state index is 12.7. The number of likely N-dealkylation sites (tertiary alicyclic amines) is 1. The molecule has 0 bridgehead atoms. The van der Waals surface area contributed by atoms with E-state index in [9.17, 15) is 14.9 Å². The Bertz CT molecular complexity index is 802. The van der Waals surface area contributed by atoms with Crippen LogP contribution in [0.25, 0.3) is 6.08 Å². The molecule has 0 spiro atoms. The van der Waals surface area contributed by atoms with Gasteiger partial charge in [0, 0.05) is 30.8 Å². The maximum Gasteiger partial charge on any atom is 0.270 e. The first-order valence-electron chi connectivity index (χ1n) is 8.90. The zero-order valence-electron chi connectivity index (χ0n) is 14.6. The Hall–Kier alpha value is -2.95. The number of benzene rings is 2. The first-order chi connectivity index (χ1) is 12.6. The van der Waals surface area contributed by atoms with E-state index in [4.69, 9.17) is 0 Å². The minimum absolute atomic E-state index is 0.0273. The molecule has 1 atom stereocenters. The number of nitro groups is 1. The molecule has 1 amide bonds. The Morgan fingerprint density at radius 2 is 1.96 bits per heavy atom. The predicted octanol–water partition coefficient (Wildman–Crippen LogP) is 4.23. The van der Waals surface area contributed by atoms with Crippen LogP contribution in [0, 0.1) is 10.1 Å². The van der Waals surface area contributed by atoms with E-state index in [-0.39, 0.29) is 17.6 Å². The Labute approximate surface area is 153 Å². The van der Waals surface area contributed by atoms with Crippen LogP contribution in [-0.2, 0) is 11.2 Å². The molecular formula is C21H22N2O3. The molecule has 1 aliphatic heterocycles. The lowest BCUT2D eigenvalue weighted by Crippen LogP contribution is -2.44. The first-order valence-corrected chi connectivity index (χ1v) is 8.90. The lowest BCUT2D eigenvalue weighted by molar-refractivity contribution is -0.384. The highest BCUT2D eigenvalue weighted by atomic mass is 16.6. The molecule has 1 aliphatic rings. The van der Waals surface area contributed by atoms with Gasteiger partial charge in [-0.05, 0) is 42.9 Å². The van der Waals surface area contributed by atoms with Gasteiger partial charge in [0.1, 0.15) is 0 Å². The van der Waals surface area contributed by atoms with Gasteiger partial charge >= 0.3 is 0 Å². The van der Waals surface area contributed by atoms with Crippen molar-refractivity contribution in [3.63, 3.8) is 0 Å². The van der Waals surface area contributed by atoms with E-state index < -0.39 is 4.92 Å². The number of rotatable bonds is 5. The van der Waals surface area contributed by atoms with Gasteiger partial charge < -0.3 is 4.90 Å². The predicted molar refractivity (Wildman–Crippen MR) is 102 cm³/mol. The van der Waals surface area contributed by atoms with Crippen molar-refractivity contribution in [2.75, 3.05) is 6.54 Å². The number of hydrogen-bond acceptors (Lipinski definition) is 3. The zero-order valence-corrected chi connectivity index (χ0v) is 14.6. The summed E-state index contributed by atoms with van der Waals surface area (Å²) in [7, 11) is 0. The van der Waals surface area contributed by atoms with E-state index in [0.29, 0.717) is 5.56 Å². The summed E-state index contributed by atoms with van der Waals surface area (Å²) in [5, 5.41) is 10.9. The van der Waals surface area contributed by atoms with E-state index >= 15 is 0 Å². The molecule has 0 aliphatic carbocycles. The Kier molecular flexibility index (Phi) is 5.79. The number of carbonyl (C=O) groups excluding carboxylic acids is 1. The molecule has 2 aromatic rings. The number of nitrogens with zero attached hydrogens (tertiary/aromatic N) is 2. The van der Waals surface area contributed by atoms with Gasteiger partial charge in [0.2, 0.25) is 5.91 Å². The third-order valence-corrected chi connectivity index (χ3v) is 4.72. The minimum Gasteiger partial charge on any atom is -0.336 e. The fourth-order valence-corrected chi connectivity index (χ4v) is 3.39. The minimum atomic E-state index is -0.431. The fourth-order valence-electron chi connectivity index (χ4n) is 3.39. The molecule has 2 aromatic carbocycles. The average molecular weight is 350 g/mol. The van der Waals surface area contributed by atoms with Crippen molar-refractivity contribution >= 4 is 17.7 Å². The second kappa shape index (κ2) is 8.43. The molecule has 1 fully saturated rings. The highest BCUT2D eigenvalue weighted by Crippen LogP contribution is 2.22. The summed E-state index contributed by atoms with van der Waals surface area (Å²) in [4.78, 5) is 25.1. The van der Waals surface area contributed by atoms with E-state index in [0.717, 1.165) is 32.2 Å². The van der Waals surface area contributed by atoms with Gasteiger partial charge in [0.05, 0.1) is 4.92 Å². The van der Waals surface area contributed by atoms with Gasteiger partial charge in [0.25, 0.3) is 5.69 Å². The summed E-state index contributed by atoms with van der Waals surface area (Å²) in [6, 6.07) is 16.7. The highest BCUT2D eigenvalue weighted by molar-refractivity contribution is 5.92. The molecule has 5 nitrogen and oxygen atoms in total. The maximum absolute atomic E-state index is 12.7. The second-order valence-corrected chi connectivity index (χ2v) is 6.56. The van der Waals surface area contributed by atoms with E-state index in [1.807, 2.05) is 23.1 Å². The molecule has 1 saturated heterocycles. The van der Waals surface area contributed by atoms with Gasteiger partial charge in [-0.25, -0.2) is 0 Å². The fraction of sp³-hybridized carbons (Fsp3) is 0.286. The Balaban J connectivity index is 1.70. The topological polar surface area (TPSA) is 63.4 Å². The van der Waals surface area contributed by atoms with Crippen molar-refractivity contribution < 1.29 is 9.72 Å². The van der Waals surface area contributed by atoms with E-state index in [2.05, 4.69) is 12.1 Å². The quantitative estimate of drug-likeness (QED) is 0.460. The summed E-state index contributed by atoms with van der Waals surface area (Å²) in [6.45, 7) is 0.760.